The van der Waals surface area contributed by atoms with E-state index >= 15 is 0 Å². The predicted molar refractivity (Wildman–Crippen MR) is 95.8 cm³/mol. The van der Waals surface area contributed by atoms with E-state index in [-0.39, 0.29) is 5.91 Å². The quantitative estimate of drug-likeness (QED) is 0.902. The lowest BCUT2D eigenvalue weighted by molar-refractivity contribution is 0.0945. The molecule has 1 saturated heterocycles. The van der Waals surface area contributed by atoms with Crippen LogP contribution in [-0.2, 0) is 0 Å². The number of carbonyl (C=O) groups is 1. The Balaban J connectivity index is 1.49. The minimum absolute atomic E-state index is 0.162. The minimum Gasteiger partial charge on any atom is -0.352 e. The van der Waals surface area contributed by atoms with E-state index in [1.54, 1.807) is 30.6 Å². The van der Waals surface area contributed by atoms with Gasteiger partial charge in [0.1, 0.15) is 0 Å². The highest BCUT2D eigenvalue weighted by Gasteiger charge is 2.21. The van der Waals surface area contributed by atoms with Crippen molar-refractivity contribution in [3.05, 3.63) is 52.3 Å². The third-order valence-electron chi connectivity index (χ3n) is 4.18. The Morgan fingerprint density at radius 3 is 2.58 bits per heavy atom. The van der Waals surface area contributed by atoms with E-state index < -0.39 is 0 Å². The predicted octanol–water partition coefficient (Wildman–Crippen LogP) is 3.43. The molecule has 1 aromatic carbocycles. The fourth-order valence-electron chi connectivity index (χ4n) is 2.80. The number of amides is 1. The molecule has 2 aromatic rings. The van der Waals surface area contributed by atoms with Gasteiger partial charge in [-0.25, -0.2) is 9.97 Å². The SMILES string of the molecule is O=C(NCC1CCN(c2ncccn2)CC1)c1ccc(Cl)cc1Cl. The molecule has 24 heavy (non-hydrogen) atoms. The molecule has 0 bridgehead atoms. The smallest absolute Gasteiger partial charge is 0.252 e. The number of benzene rings is 1. The molecule has 0 aliphatic carbocycles. The number of hydrogen-bond acceptors (Lipinski definition) is 4. The van der Waals surface area contributed by atoms with Crippen LogP contribution in [-0.4, -0.2) is 35.5 Å². The molecule has 5 nitrogen and oxygen atoms in total. The van der Waals surface area contributed by atoms with E-state index in [1.165, 1.54) is 0 Å². The van der Waals surface area contributed by atoms with Gasteiger partial charge >= 0.3 is 0 Å². The summed E-state index contributed by atoms with van der Waals surface area (Å²) in [6, 6.07) is 6.71. The summed E-state index contributed by atoms with van der Waals surface area (Å²) in [5.41, 5.74) is 0.455. The van der Waals surface area contributed by atoms with Crippen molar-refractivity contribution in [2.45, 2.75) is 12.8 Å². The van der Waals surface area contributed by atoms with Gasteiger partial charge < -0.3 is 10.2 Å². The van der Waals surface area contributed by atoms with Gasteiger partial charge in [-0.15, -0.1) is 0 Å². The monoisotopic (exact) mass is 364 g/mol. The zero-order chi connectivity index (χ0) is 16.9. The van der Waals surface area contributed by atoms with Crippen LogP contribution >= 0.6 is 23.2 Å². The van der Waals surface area contributed by atoms with Gasteiger partial charge in [0, 0.05) is 37.1 Å². The maximum absolute atomic E-state index is 12.2. The maximum atomic E-state index is 12.2. The molecule has 0 spiro atoms. The van der Waals surface area contributed by atoms with Gasteiger partial charge in [-0.1, -0.05) is 23.2 Å². The summed E-state index contributed by atoms with van der Waals surface area (Å²) in [6.07, 6.45) is 5.49. The molecule has 1 N–H and O–H groups in total. The molecule has 7 heteroatoms. The zero-order valence-corrected chi connectivity index (χ0v) is 14.6. The maximum Gasteiger partial charge on any atom is 0.252 e. The Morgan fingerprint density at radius 2 is 1.92 bits per heavy atom. The summed E-state index contributed by atoms with van der Waals surface area (Å²) in [5, 5.41) is 3.86. The number of halogens is 2. The summed E-state index contributed by atoms with van der Waals surface area (Å²) in [5.74, 6) is 1.05. The first-order valence-electron chi connectivity index (χ1n) is 7.88. The van der Waals surface area contributed by atoms with E-state index in [1.807, 2.05) is 6.07 Å². The average Bonchev–Trinajstić information content (AvgIpc) is 2.61. The van der Waals surface area contributed by atoms with Crippen molar-refractivity contribution in [1.82, 2.24) is 15.3 Å². The van der Waals surface area contributed by atoms with Crippen LogP contribution in [0.2, 0.25) is 10.0 Å². The third kappa shape index (κ3) is 4.16. The van der Waals surface area contributed by atoms with Gasteiger partial charge in [0.05, 0.1) is 10.6 Å². The third-order valence-corrected chi connectivity index (χ3v) is 4.72. The first kappa shape index (κ1) is 17.0. The molecule has 1 aromatic heterocycles. The molecule has 0 atom stereocenters. The van der Waals surface area contributed by atoms with E-state index in [2.05, 4.69) is 20.2 Å². The highest BCUT2D eigenvalue weighted by atomic mass is 35.5. The molecule has 0 radical (unpaired) electrons. The lowest BCUT2D eigenvalue weighted by Crippen LogP contribution is -2.39. The number of nitrogens with zero attached hydrogens (tertiary/aromatic N) is 3. The lowest BCUT2D eigenvalue weighted by atomic mass is 9.97. The van der Waals surface area contributed by atoms with Crippen LogP contribution < -0.4 is 10.2 Å². The van der Waals surface area contributed by atoms with Crippen LogP contribution in [0.15, 0.2) is 36.7 Å². The molecule has 0 saturated carbocycles. The van der Waals surface area contributed by atoms with E-state index in [0.29, 0.717) is 28.1 Å². The molecule has 2 heterocycles. The Hall–Kier alpha value is -1.85. The lowest BCUT2D eigenvalue weighted by Gasteiger charge is -2.31. The zero-order valence-electron chi connectivity index (χ0n) is 13.1. The van der Waals surface area contributed by atoms with Gasteiger partial charge in [-0.05, 0) is 43.0 Å². The second-order valence-electron chi connectivity index (χ2n) is 5.81. The molecule has 0 unspecified atom stereocenters. The fraction of sp³-hybridized carbons (Fsp3) is 0.353. The van der Waals surface area contributed by atoms with Crippen LogP contribution in [0.4, 0.5) is 5.95 Å². The van der Waals surface area contributed by atoms with Crippen LogP contribution in [0.3, 0.4) is 0 Å². The van der Waals surface area contributed by atoms with Crippen molar-refractivity contribution >= 4 is 35.1 Å². The first-order chi connectivity index (χ1) is 11.6. The van der Waals surface area contributed by atoms with E-state index in [4.69, 9.17) is 23.2 Å². The highest BCUT2D eigenvalue weighted by molar-refractivity contribution is 6.36. The van der Waals surface area contributed by atoms with Crippen LogP contribution in [0, 0.1) is 5.92 Å². The van der Waals surface area contributed by atoms with Crippen molar-refractivity contribution in [3.63, 3.8) is 0 Å². The second-order valence-corrected chi connectivity index (χ2v) is 6.66. The Bertz CT molecular complexity index is 703. The number of piperidine rings is 1. The Labute approximate surface area is 151 Å². The minimum atomic E-state index is -0.162. The summed E-state index contributed by atoms with van der Waals surface area (Å²) in [6.45, 7) is 2.43. The standard InChI is InChI=1S/C17H18Cl2N4O/c18-13-2-3-14(15(19)10-13)16(24)22-11-12-4-8-23(9-5-12)17-20-6-1-7-21-17/h1-3,6-7,10,12H,4-5,8-9,11H2,(H,22,24). The first-order valence-corrected chi connectivity index (χ1v) is 8.64. The van der Waals surface area contributed by atoms with Crippen LogP contribution in [0.5, 0.6) is 0 Å². The highest BCUT2D eigenvalue weighted by Crippen LogP contribution is 2.22. The van der Waals surface area contributed by atoms with Crippen LogP contribution in [0.25, 0.3) is 0 Å². The van der Waals surface area contributed by atoms with Crippen LogP contribution in [0.1, 0.15) is 23.2 Å². The summed E-state index contributed by atoms with van der Waals surface area (Å²) < 4.78 is 0. The molecule has 126 valence electrons. The molecule has 1 amide bonds. The van der Waals surface area contributed by atoms with Gasteiger partial charge in [0.15, 0.2) is 0 Å². The molecular weight excluding hydrogens is 347 g/mol. The number of aromatic nitrogens is 2. The van der Waals surface area contributed by atoms with Gasteiger partial charge in [-0.3, -0.25) is 4.79 Å². The van der Waals surface area contributed by atoms with Crippen molar-refractivity contribution in [2.75, 3.05) is 24.5 Å². The van der Waals surface area contributed by atoms with Crippen molar-refractivity contribution < 1.29 is 4.79 Å². The Kier molecular flexibility index (Phi) is 5.53. The average molecular weight is 365 g/mol. The van der Waals surface area contributed by atoms with Crippen molar-refractivity contribution in [2.24, 2.45) is 5.92 Å². The van der Waals surface area contributed by atoms with Crippen molar-refractivity contribution in [3.8, 4) is 0 Å². The molecule has 1 aliphatic rings. The number of rotatable bonds is 4. The Morgan fingerprint density at radius 1 is 1.21 bits per heavy atom. The van der Waals surface area contributed by atoms with Gasteiger partial charge in [0.2, 0.25) is 5.95 Å². The summed E-state index contributed by atoms with van der Waals surface area (Å²) >= 11 is 11.9. The fourth-order valence-corrected chi connectivity index (χ4v) is 3.29. The van der Waals surface area contributed by atoms with Gasteiger partial charge in [0.25, 0.3) is 5.91 Å². The number of nitrogens with one attached hydrogen (secondary N) is 1. The summed E-state index contributed by atoms with van der Waals surface area (Å²) in [4.78, 5) is 23.0. The number of carbonyl (C=O) groups excluding carboxylic acids is 1. The van der Waals surface area contributed by atoms with E-state index in [9.17, 15) is 4.79 Å². The normalized spacial score (nSPS) is 15.3. The molecular formula is C17H18Cl2N4O. The molecule has 3 rings (SSSR count). The number of hydrogen-bond donors (Lipinski definition) is 1. The largest absolute Gasteiger partial charge is 0.352 e. The number of anilines is 1. The topological polar surface area (TPSA) is 58.1 Å². The summed E-state index contributed by atoms with van der Waals surface area (Å²) in [7, 11) is 0. The van der Waals surface area contributed by atoms with Crippen molar-refractivity contribution in [1.29, 1.82) is 0 Å². The van der Waals surface area contributed by atoms with E-state index in [0.717, 1.165) is 31.9 Å². The molecule has 1 fully saturated rings. The second kappa shape index (κ2) is 7.81. The molecule has 1 aliphatic heterocycles. The van der Waals surface area contributed by atoms with Gasteiger partial charge in [-0.2, -0.15) is 0 Å².